The van der Waals surface area contributed by atoms with E-state index in [0.29, 0.717) is 0 Å². The predicted octanol–water partition coefficient (Wildman–Crippen LogP) is 2.54. The van der Waals surface area contributed by atoms with Gasteiger partial charge in [0.2, 0.25) is 5.91 Å². The average molecular weight is 293 g/mol. The maximum absolute atomic E-state index is 11.2. The Balaban J connectivity index is 2.09. The third-order valence-electron chi connectivity index (χ3n) is 3.41. The minimum atomic E-state index is -0.305. The van der Waals surface area contributed by atoms with Crippen molar-refractivity contribution in [2.75, 3.05) is 0 Å². The van der Waals surface area contributed by atoms with Gasteiger partial charge in [-0.1, -0.05) is 11.8 Å². The number of fused-ring (bicyclic) bond motifs is 3. The number of primary amides is 1. The minimum absolute atomic E-state index is 0.266. The summed E-state index contributed by atoms with van der Waals surface area (Å²) >= 11 is 3.21. The number of rotatable bonds is 3. The first-order valence-corrected chi connectivity index (χ1v) is 8.07. The van der Waals surface area contributed by atoms with E-state index in [0.717, 1.165) is 28.1 Å². The van der Waals surface area contributed by atoms with Crippen molar-refractivity contribution < 1.29 is 4.79 Å². The Morgan fingerprint density at radius 2 is 2.21 bits per heavy atom. The second kappa shape index (κ2) is 5.09. The van der Waals surface area contributed by atoms with Crippen LogP contribution in [0.1, 0.15) is 30.2 Å². The van der Waals surface area contributed by atoms with Gasteiger partial charge in [-0.25, -0.2) is 9.97 Å². The summed E-state index contributed by atoms with van der Waals surface area (Å²) in [6.45, 7) is 1.82. The molecule has 0 saturated carbocycles. The second-order valence-electron chi connectivity index (χ2n) is 4.73. The van der Waals surface area contributed by atoms with Crippen LogP contribution in [0.3, 0.4) is 0 Å². The van der Waals surface area contributed by atoms with E-state index in [1.165, 1.54) is 35.0 Å². The van der Waals surface area contributed by atoms with Gasteiger partial charge in [0.15, 0.2) is 0 Å². The highest BCUT2D eigenvalue weighted by atomic mass is 32.2. The number of nitrogens with two attached hydrogens (primary N) is 1. The van der Waals surface area contributed by atoms with Gasteiger partial charge in [-0.3, -0.25) is 4.79 Å². The molecule has 100 valence electrons. The van der Waals surface area contributed by atoms with E-state index in [1.807, 2.05) is 6.92 Å². The van der Waals surface area contributed by atoms with Crippen molar-refractivity contribution in [3.05, 3.63) is 16.8 Å². The molecule has 6 heteroatoms. The van der Waals surface area contributed by atoms with Gasteiger partial charge in [-0.2, -0.15) is 0 Å². The molecule has 0 aliphatic heterocycles. The molecule has 1 aliphatic rings. The number of thiophene rings is 1. The first-order valence-electron chi connectivity index (χ1n) is 6.38. The Bertz CT molecular complexity index is 638. The highest BCUT2D eigenvalue weighted by molar-refractivity contribution is 8.00. The third kappa shape index (κ3) is 2.34. The Labute approximate surface area is 119 Å². The zero-order chi connectivity index (χ0) is 13.4. The smallest absolute Gasteiger partial charge is 0.230 e. The number of aromatic nitrogens is 2. The summed E-state index contributed by atoms with van der Waals surface area (Å²) in [6, 6.07) is 0. The molecule has 0 spiro atoms. The fourth-order valence-corrected chi connectivity index (χ4v) is 4.57. The molecule has 2 aromatic heterocycles. The lowest BCUT2D eigenvalue weighted by atomic mass is 9.97. The minimum Gasteiger partial charge on any atom is -0.369 e. The molecule has 1 atom stereocenters. The van der Waals surface area contributed by atoms with Crippen molar-refractivity contribution >= 4 is 39.2 Å². The highest BCUT2D eigenvalue weighted by Gasteiger charge is 2.21. The zero-order valence-electron chi connectivity index (χ0n) is 10.7. The summed E-state index contributed by atoms with van der Waals surface area (Å²) in [7, 11) is 0. The Morgan fingerprint density at radius 3 is 3.00 bits per heavy atom. The van der Waals surface area contributed by atoms with Crippen LogP contribution in [0.15, 0.2) is 11.4 Å². The van der Waals surface area contributed by atoms with Gasteiger partial charge in [-0.05, 0) is 38.2 Å². The quantitative estimate of drug-likeness (QED) is 0.697. The fraction of sp³-hybridized carbons (Fsp3) is 0.462. The van der Waals surface area contributed by atoms with Crippen LogP contribution < -0.4 is 5.73 Å². The van der Waals surface area contributed by atoms with E-state index in [9.17, 15) is 4.79 Å². The number of aryl methyl sites for hydroxylation is 2. The van der Waals surface area contributed by atoms with Crippen LogP contribution in [0.5, 0.6) is 0 Å². The van der Waals surface area contributed by atoms with E-state index in [-0.39, 0.29) is 11.2 Å². The van der Waals surface area contributed by atoms with Gasteiger partial charge in [0.05, 0.1) is 5.25 Å². The standard InChI is InChI=1S/C13H15N3OS2/c1-7(11(14)17)18-12-10-8-4-2-3-5-9(8)19-13(10)16-6-15-12/h6-7H,2-5H2,1H3,(H2,14,17)/t7-/m1/s1. The molecule has 0 fully saturated rings. The number of carbonyl (C=O) groups excluding carboxylic acids is 1. The molecule has 1 amide bonds. The SMILES string of the molecule is C[C@@H](Sc1ncnc2sc3c(c12)CCCC3)C(N)=O. The topological polar surface area (TPSA) is 68.9 Å². The highest BCUT2D eigenvalue weighted by Crippen LogP contribution is 2.39. The lowest BCUT2D eigenvalue weighted by Gasteiger charge is -2.12. The molecule has 2 aromatic rings. The number of hydrogen-bond acceptors (Lipinski definition) is 5. The van der Waals surface area contributed by atoms with Gasteiger partial charge >= 0.3 is 0 Å². The number of thioether (sulfide) groups is 1. The molecule has 1 aliphatic carbocycles. The van der Waals surface area contributed by atoms with Gasteiger partial charge in [0.1, 0.15) is 16.2 Å². The molecule has 3 rings (SSSR count). The lowest BCUT2D eigenvalue weighted by molar-refractivity contribution is -0.117. The molecule has 0 aromatic carbocycles. The molecule has 0 unspecified atom stereocenters. The predicted molar refractivity (Wildman–Crippen MR) is 78.6 cm³/mol. The summed E-state index contributed by atoms with van der Waals surface area (Å²) < 4.78 is 0. The summed E-state index contributed by atoms with van der Waals surface area (Å²) in [5.41, 5.74) is 6.73. The number of nitrogens with zero attached hydrogens (tertiary/aromatic N) is 2. The number of carbonyl (C=O) groups is 1. The zero-order valence-corrected chi connectivity index (χ0v) is 12.3. The molecule has 2 N–H and O–H groups in total. The molecule has 0 radical (unpaired) electrons. The molecule has 4 nitrogen and oxygen atoms in total. The van der Waals surface area contributed by atoms with Crippen LogP contribution in [0.25, 0.3) is 10.2 Å². The first kappa shape index (κ1) is 12.9. The van der Waals surface area contributed by atoms with Gasteiger partial charge in [-0.15, -0.1) is 11.3 Å². The van der Waals surface area contributed by atoms with Crippen LogP contribution in [0.2, 0.25) is 0 Å². The van der Waals surface area contributed by atoms with Crippen molar-refractivity contribution in [3.63, 3.8) is 0 Å². The van der Waals surface area contributed by atoms with Crippen molar-refractivity contribution in [2.24, 2.45) is 5.73 Å². The Kier molecular flexibility index (Phi) is 3.45. The second-order valence-corrected chi connectivity index (χ2v) is 7.15. The van der Waals surface area contributed by atoms with Crippen LogP contribution >= 0.6 is 23.1 Å². The number of amides is 1. The van der Waals surface area contributed by atoms with E-state index < -0.39 is 0 Å². The first-order chi connectivity index (χ1) is 9.16. The maximum Gasteiger partial charge on any atom is 0.230 e. The van der Waals surface area contributed by atoms with Gasteiger partial charge in [0.25, 0.3) is 0 Å². The van der Waals surface area contributed by atoms with E-state index in [1.54, 1.807) is 17.7 Å². The fourth-order valence-electron chi connectivity index (χ4n) is 2.38. The Morgan fingerprint density at radius 1 is 1.42 bits per heavy atom. The molecule has 19 heavy (non-hydrogen) atoms. The molecular formula is C13H15N3OS2. The van der Waals surface area contributed by atoms with Gasteiger partial charge in [0, 0.05) is 10.3 Å². The Hall–Kier alpha value is -1.14. The van der Waals surface area contributed by atoms with Crippen molar-refractivity contribution in [1.82, 2.24) is 9.97 Å². The normalized spacial score (nSPS) is 16.3. The van der Waals surface area contributed by atoms with E-state index >= 15 is 0 Å². The van der Waals surface area contributed by atoms with Crippen LogP contribution in [0.4, 0.5) is 0 Å². The van der Waals surface area contributed by atoms with Gasteiger partial charge < -0.3 is 5.73 Å². The summed E-state index contributed by atoms with van der Waals surface area (Å²) in [4.78, 5) is 22.4. The third-order valence-corrected chi connectivity index (χ3v) is 5.72. The van der Waals surface area contributed by atoms with Crippen LogP contribution in [-0.2, 0) is 17.6 Å². The van der Waals surface area contributed by atoms with Crippen LogP contribution in [0, 0.1) is 0 Å². The molecule has 0 saturated heterocycles. The summed E-state index contributed by atoms with van der Waals surface area (Å²) in [6.07, 6.45) is 6.31. The monoisotopic (exact) mass is 293 g/mol. The molecule has 0 bridgehead atoms. The average Bonchev–Trinajstić information content (AvgIpc) is 2.77. The van der Waals surface area contributed by atoms with Crippen molar-refractivity contribution in [1.29, 1.82) is 0 Å². The van der Waals surface area contributed by atoms with Crippen molar-refractivity contribution in [3.8, 4) is 0 Å². The molecular weight excluding hydrogens is 278 g/mol. The summed E-state index contributed by atoms with van der Waals surface area (Å²) in [5.74, 6) is -0.305. The van der Waals surface area contributed by atoms with Crippen LogP contribution in [-0.4, -0.2) is 21.1 Å². The number of hydrogen-bond donors (Lipinski definition) is 1. The lowest BCUT2D eigenvalue weighted by Crippen LogP contribution is -2.22. The largest absolute Gasteiger partial charge is 0.369 e. The maximum atomic E-state index is 11.2. The van der Waals surface area contributed by atoms with Crippen molar-refractivity contribution in [2.45, 2.75) is 42.9 Å². The summed E-state index contributed by atoms with van der Waals surface area (Å²) in [5, 5.41) is 1.79. The van der Waals surface area contributed by atoms with E-state index in [2.05, 4.69) is 9.97 Å². The van der Waals surface area contributed by atoms with E-state index in [4.69, 9.17) is 5.73 Å². The molecule has 2 heterocycles.